The molecule has 0 aliphatic carbocycles. The molecule has 0 aromatic carbocycles. The van der Waals surface area contributed by atoms with Crippen LogP contribution in [0.25, 0.3) is 0 Å². The molecule has 0 aliphatic rings. The first-order chi connectivity index (χ1) is 35.0. The SMILES string of the molecule is CCCCCCCCCCCCCCCCCCCCCCCCCCCC(=O)OCC(COC(=O)CCCCCCCCC)OC(=O)CCCCCCCCCCCCCCCCCCCCCCC. The zero-order valence-corrected chi connectivity index (χ0v) is 48.5. The lowest BCUT2D eigenvalue weighted by molar-refractivity contribution is -0.167. The van der Waals surface area contributed by atoms with E-state index in [0.29, 0.717) is 19.3 Å². The van der Waals surface area contributed by atoms with Gasteiger partial charge < -0.3 is 14.2 Å². The first-order valence-electron chi connectivity index (χ1n) is 32.5. The van der Waals surface area contributed by atoms with Gasteiger partial charge >= 0.3 is 17.9 Å². The minimum absolute atomic E-state index is 0.0615. The van der Waals surface area contributed by atoms with E-state index in [0.717, 1.165) is 57.8 Å². The molecule has 0 saturated carbocycles. The van der Waals surface area contributed by atoms with Crippen LogP contribution in [0.4, 0.5) is 0 Å². The predicted molar refractivity (Wildman–Crippen MR) is 307 cm³/mol. The lowest BCUT2D eigenvalue weighted by atomic mass is 10.0. The largest absolute Gasteiger partial charge is 0.462 e. The van der Waals surface area contributed by atoms with Gasteiger partial charge in [0, 0.05) is 19.3 Å². The number of ether oxygens (including phenoxy) is 3. The minimum atomic E-state index is -0.761. The maximum absolute atomic E-state index is 12.9. The zero-order chi connectivity index (χ0) is 51.4. The lowest BCUT2D eigenvalue weighted by Crippen LogP contribution is -2.30. The Morgan fingerprint density at radius 3 is 0.563 bits per heavy atom. The van der Waals surface area contributed by atoms with Gasteiger partial charge in [-0.15, -0.1) is 0 Å². The van der Waals surface area contributed by atoms with E-state index in [4.69, 9.17) is 14.2 Å². The molecule has 0 fully saturated rings. The summed E-state index contributed by atoms with van der Waals surface area (Å²) < 4.78 is 16.9. The summed E-state index contributed by atoms with van der Waals surface area (Å²) in [5.41, 5.74) is 0. The lowest BCUT2D eigenvalue weighted by Gasteiger charge is -2.18. The Hall–Kier alpha value is -1.59. The Bertz CT molecular complexity index is 1060. The van der Waals surface area contributed by atoms with Crippen LogP contribution >= 0.6 is 0 Å². The summed E-state index contributed by atoms with van der Waals surface area (Å²) in [4.78, 5) is 38.1. The summed E-state index contributed by atoms with van der Waals surface area (Å²) in [6.07, 6.45) is 70.1. The highest BCUT2D eigenvalue weighted by atomic mass is 16.6. The monoisotopic (exact) mass is 1000 g/mol. The number of rotatable bonds is 61. The van der Waals surface area contributed by atoms with Crippen LogP contribution in [-0.4, -0.2) is 37.2 Å². The van der Waals surface area contributed by atoms with Crippen LogP contribution in [0, 0.1) is 0 Å². The van der Waals surface area contributed by atoms with Crippen LogP contribution in [-0.2, 0) is 28.6 Å². The highest BCUT2D eigenvalue weighted by molar-refractivity contribution is 5.71. The van der Waals surface area contributed by atoms with E-state index < -0.39 is 6.10 Å². The maximum Gasteiger partial charge on any atom is 0.306 e. The van der Waals surface area contributed by atoms with E-state index in [2.05, 4.69) is 20.8 Å². The Morgan fingerprint density at radius 1 is 0.225 bits per heavy atom. The Kier molecular flexibility index (Phi) is 59.6. The van der Waals surface area contributed by atoms with Gasteiger partial charge in [0.15, 0.2) is 6.10 Å². The Balaban J connectivity index is 4.03. The highest BCUT2D eigenvalue weighted by Crippen LogP contribution is 2.19. The first kappa shape index (κ1) is 69.4. The predicted octanol–water partition coefficient (Wildman–Crippen LogP) is 21.9. The smallest absolute Gasteiger partial charge is 0.306 e. The molecule has 71 heavy (non-hydrogen) atoms. The molecule has 0 radical (unpaired) electrons. The van der Waals surface area contributed by atoms with Crippen LogP contribution in [0.2, 0.25) is 0 Å². The highest BCUT2D eigenvalue weighted by Gasteiger charge is 2.19. The number of esters is 3. The number of hydrogen-bond donors (Lipinski definition) is 0. The summed E-state index contributed by atoms with van der Waals surface area (Å²) in [6, 6.07) is 0. The van der Waals surface area contributed by atoms with Crippen molar-refractivity contribution in [3.63, 3.8) is 0 Å². The van der Waals surface area contributed by atoms with Gasteiger partial charge in [0.1, 0.15) is 13.2 Å². The Labute approximate surface area is 444 Å². The van der Waals surface area contributed by atoms with Crippen molar-refractivity contribution < 1.29 is 28.6 Å². The molecule has 0 heterocycles. The Morgan fingerprint density at radius 2 is 0.380 bits per heavy atom. The van der Waals surface area contributed by atoms with Crippen molar-refractivity contribution >= 4 is 17.9 Å². The zero-order valence-electron chi connectivity index (χ0n) is 48.5. The second-order valence-electron chi connectivity index (χ2n) is 22.4. The van der Waals surface area contributed by atoms with Crippen molar-refractivity contribution in [2.45, 2.75) is 386 Å². The maximum atomic E-state index is 12.9. The molecule has 0 spiro atoms. The molecule has 1 atom stereocenters. The van der Waals surface area contributed by atoms with Crippen LogP contribution in [0.15, 0.2) is 0 Å². The second kappa shape index (κ2) is 61.0. The quantitative estimate of drug-likeness (QED) is 0.0343. The van der Waals surface area contributed by atoms with Gasteiger partial charge in [0.2, 0.25) is 0 Å². The summed E-state index contributed by atoms with van der Waals surface area (Å²) in [7, 11) is 0. The van der Waals surface area contributed by atoms with Gasteiger partial charge in [-0.1, -0.05) is 342 Å². The molecule has 0 aromatic heterocycles. The molecule has 0 aromatic rings. The standard InChI is InChI=1S/C65H126O6/c1-4-7-10-13-16-18-20-22-24-26-28-30-31-32-33-35-36-38-40-42-44-46-49-52-55-58-64(67)70-61-62(60-69-63(66)57-54-51-48-15-12-9-6-3)71-65(68)59-56-53-50-47-45-43-41-39-37-34-29-27-25-23-21-19-17-14-11-8-5-2/h62H,4-61H2,1-3H3. The topological polar surface area (TPSA) is 78.9 Å². The van der Waals surface area contributed by atoms with Gasteiger partial charge in [-0.25, -0.2) is 0 Å². The van der Waals surface area contributed by atoms with Gasteiger partial charge in [-0.2, -0.15) is 0 Å². The molecule has 422 valence electrons. The van der Waals surface area contributed by atoms with Crippen molar-refractivity contribution in [1.29, 1.82) is 0 Å². The fourth-order valence-corrected chi connectivity index (χ4v) is 10.2. The summed E-state index contributed by atoms with van der Waals surface area (Å²) in [5.74, 6) is -0.836. The van der Waals surface area contributed by atoms with E-state index in [-0.39, 0.29) is 31.1 Å². The molecule has 1 unspecified atom stereocenters. The fraction of sp³-hybridized carbons (Fsp3) is 0.954. The molecule has 0 aliphatic heterocycles. The van der Waals surface area contributed by atoms with E-state index >= 15 is 0 Å². The molecule has 6 nitrogen and oxygen atoms in total. The van der Waals surface area contributed by atoms with Crippen molar-refractivity contribution in [2.24, 2.45) is 0 Å². The van der Waals surface area contributed by atoms with Gasteiger partial charge in [0.05, 0.1) is 0 Å². The summed E-state index contributed by atoms with van der Waals surface area (Å²) in [5, 5.41) is 0. The third-order valence-electron chi connectivity index (χ3n) is 15.1. The molecular formula is C65H126O6. The normalized spacial score (nSPS) is 11.9. The van der Waals surface area contributed by atoms with Crippen molar-refractivity contribution in [3.8, 4) is 0 Å². The number of unbranched alkanes of at least 4 members (excludes halogenated alkanes) is 50. The van der Waals surface area contributed by atoms with Crippen molar-refractivity contribution in [3.05, 3.63) is 0 Å². The average molecular weight is 1000 g/mol. The molecule has 0 bridgehead atoms. The van der Waals surface area contributed by atoms with Crippen LogP contribution in [0.5, 0.6) is 0 Å². The van der Waals surface area contributed by atoms with Crippen LogP contribution in [0.3, 0.4) is 0 Å². The van der Waals surface area contributed by atoms with E-state index in [1.807, 2.05) is 0 Å². The summed E-state index contributed by atoms with van der Waals surface area (Å²) in [6.45, 7) is 6.68. The number of carbonyl (C=O) groups excluding carboxylic acids is 3. The molecular weight excluding hydrogens is 877 g/mol. The molecule has 0 N–H and O–H groups in total. The number of hydrogen-bond acceptors (Lipinski definition) is 6. The first-order valence-corrected chi connectivity index (χ1v) is 32.5. The van der Waals surface area contributed by atoms with Gasteiger partial charge in [0.25, 0.3) is 0 Å². The van der Waals surface area contributed by atoms with Crippen molar-refractivity contribution in [1.82, 2.24) is 0 Å². The van der Waals surface area contributed by atoms with E-state index in [1.54, 1.807) is 0 Å². The molecule has 0 amide bonds. The molecule has 0 saturated heterocycles. The molecule has 6 heteroatoms. The van der Waals surface area contributed by atoms with Crippen LogP contribution < -0.4 is 0 Å². The third kappa shape index (κ3) is 59.2. The number of carbonyl (C=O) groups is 3. The van der Waals surface area contributed by atoms with E-state index in [9.17, 15) is 14.4 Å². The fourth-order valence-electron chi connectivity index (χ4n) is 10.2. The third-order valence-corrected chi connectivity index (χ3v) is 15.1. The second-order valence-corrected chi connectivity index (χ2v) is 22.4. The van der Waals surface area contributed by atoms with Crippen molar-refractivity contribution in [2.75, 3.05) is 13.2 Å². The average Bonchev–Trinajstić information content (AvgIpc) is 3.37. The minimum Gasteiger partial charge on any atom is -0.462 e. The summed E-state index contributed by atoms with van der Waals surface area (Å²) >= 11 is 0. The van der Waals surface area contributed by atoms with Gasteiger partial charge in [-0.05, 0) is 19.3 Å². The van der Waals surface area contributed by atoms with E-state index in [1.165, 1.54) is 283 Å². The molecule has 0 rings (SSSR count). The van der Waals surface area contributed by atoms with Crippen LogP contribution in [0.1, 0.15) is 380 Å². The van der Waals surface area contributed by atoms with Gasteiger partial charge in [-0.3, -0.25) is 14.4 Å².